The molecule has 0 atom stereocenters. The van der Waals surface area contributed by atoms with Crippen LogP contribution in [-0.2, 0) is 22.6 Å². The molecule has 0 fully saturated rings. The number of nitrogen functional groups attached to an aromatic ring is 1. The maximum atomic E-state index is 14.6. The van der Waals surface area contributed by atoms with Crippen LogP contribution in [0.1, 0.15) is 35.3 Å². The molecule has 0 saturated carbocycles. The molecule has 2 N–H and O–H groups in total. The first-order valence-corrected chi connectivity index (χ1v) is 12.2. The number of rotatable bonds is 9. The Morgan fingerprint density at radius 1 is 0.917 bits per heavy atom. The Kier molecular flexibility index (Phi) is 9.00. The highest BCUT2D eigenvalue weighted by atomic mass is 32.1. The van der Waals surface area contributed by atoms with Gasteiger partial charge in [-0.05, 0) is 57.8 Å². The van der Waals surface area contributed by atoms with E-state index < -0.39 is 30.2 Å². The number of hydrogen-bond acceptors (Lipinski definition) is 7. The normalized spacial score (nSPS) is 11.0. The number of thiophene rings is 1. The summed E-state index contributed by atoms with van der Waals surface area (Å²) in [4.78, 5) is 30.0. The maximum Gasteiger partial charge on any atom is 0.415 e. The summed E-state index contributed by atoms with van der Waals surface area (Å²) in [6.07, 6.45) is -0.841. The number of esters is 1. The first-order valence-electron chi connectivity index (χ1n) is 11.4. The number of carbonyl (C=O) groups is 2. The Balaban J connectivity index is 2.30. The van der Waals surface area contributed by atoms with Gasteiger partial charge in [-0.25, -0.2) is 18.4 Å². The molecule has 1 heterocycles. The van der Waals surface area contributed by atoms with Crippen LogP contribution in [0.25, 0.3) is 10.4 Å². The summed E-state index contributed by atoms with van der Waals surface area (Å²) < 4.78 is 39.8. The number of carbonyl (C=O) groups excluding carboxylic acids is 2. The third kappa shape index (κ3) is 6.00. The van der Waals surface area contributed by atoms with Crippen LogP contribution in [-0.4, -0.2) is 44.3 Å². The fourth-order valence-electron chi connectivity index (χ4n) is 3.65. The standard InChI is InChI=1S/C26H29F2N3O4S/c1-5-34-25(32)22-19(14-30(3)4)23(16-10-12-17(29)13-11-16)36-24(22)31(26(33)35-6-2)15-18-20(27)8-7-9-21(18)28/h7-13H,5-6,14-15,29H2,1-4H3. The van der Waals surface area contributed by atoms with E-state index in [1.54, 1.807) is 26.0 Å². The number of nitrogens with two attached hydrogens (primary N) is 1. The molecule has 3 aromatic rings. The number of nitrogens with zero attached hydrogens (tertiary/aromatic N) is 2. The Morgan fingerprint density at radius 2 is 1.53 bits per heavy atom. The summed E-state index contributed by atoms with van der Waals surface area (Å²) in [6, 6.07) is 10.5. The molecular formula is C26H29F2N3O4S. The summed E-state index contributed by atoms with van der Waals surface area (Å²) in [6.45, 7) is 3.30. The summed E-state index contributed by atoms with van der Waals surface area (Å²) in [5.41, 5.74) is 7.64. The molecule has 0 spiro atoms. The first kappa shape index (κ1) is 27.1. The molecule has 2 aromatic carbocycles. The van der Waals surface area contributed by atoms with E-state index in [2.05, 4.69) is 0 Å². The van der Waals surface area contributed by atoms with Crippen molar-refractivity contribution in [2.24, 2.45) is 0 Å². The summed E-state index contributed by atoms with van der Waals surface area (Å²) in [5, 5.41) is 0.179. The van der Waals surface area contributed by atoms with Crippen molar-refractivity contribution in [2.75, 3.05) is 37.9 Å². The monoisotopic (exact) mass is 517 g/mol. The minimum atomic E-state index is -0.841. The highest BCUT2D eigenvalue weighted by Crippen LogP contribution is 2.44. The molecule has 0 aliphatic carbocycles. The van der Waals surface area contributed by atoms with E-state index >= 15 is 0 Å². The van der Waals surface area contributed by atoms with Crippen molar-refractivity contribution in [1.29, 1.82) is 0 Å². The number of anilines is 2. The van der Waals surface area contributed by atoms with Gasteiger partial charge in [0, 0.05) is 28.2 Å². The second-order valence-corrected chi connectivity index (χ2v) is 9.15. The Bertz CT molecular complexity index is 1210. The minimum absolute atomic E-state index is 0.0323. The van der Waals surface area contributed by atoms with Crippen molar-refractivity contribution >= 4 is 34.1 Å². The second kappa shape index (κ2) is 12.0. The van der Waals surface area contributed by atoms with E-state index in [1.807, 2.05) is 31.1 Å². The van der Waals surface area contributed by atoms with E-state index in [-0.39, 0.29) is 29.3 Å². The Hall–Kier alpha value is -3.50. The van der Waals surface area contributed by atoms with E-state index in [0.29, 0.717) is 22.7 Å². The predicted octanol–water partition coefficient (Wildman–Crippen LogP) is 5.68. The third-order valence-electron chi connectivity index (χ3n) is 5.23. The van der Waals surface area contributed by atoms with Crippen molar-refractivity contribution in [1.82, 2.24) is 4.90 Å². The van der Waals surface area contributed by atoms with Gasteiger partial charge in [0.2, 0.25) is 0 Å². The number of benzene rings is 2. The van der Waals surface area contributed by atoms with Crippen molar-refractivity contribution in [3.05, 3.63) is 70.8 Å². The second-order valence-electron chi connectivity index (χ2n) is 8.16. The molecule has 7 nitrogen and oxygen atoms in total. The Labute approximate surface area is 213 Å². The summed E-state index contributed by atoms with van der Waals surface area (Å²) in [5.74, 6) is -2.28. The summed E-state index contributed by atoms with van der Waals surface area (Å²) in [7, 11) is 3.69. The molecule has 0 aliphatic rings. The number of hydrogen-bond donors (Lipinski definition) is 1. The van der Waals surface area contributed by atoms with Crippen molar-refractivity contribution in [2.45, 2.75) is 26.9 Å². The van der Waals surface area contributed by atoms with Crippen molar-refractivity contribution in [3.8, 4) is 10.4 Å². The van der Waals surface area contributed by atoms with Crippen LogP contribution in [0.2, 0.25) is 0 Å². The molecule has 1 aromatic heterocycles. The molecular weight excluding hydrogens is 488 g/mol. The van der Waals surface area contributed by atoms with E-state index in [4.69, 9.17) is 15.2 Å². The van der Waals surface area contributed by atoms with Crippen LogP contribution in [0.5, 0.6) is 0 Å². The average Bonchev–Trinajstić information content (AvgIpc) is 3.17. The van der Waals surface area contributed by atoms with Gasteiger partial charge < -0.3 is 20.1 Å². The SMILES string of the molecule is CCOC(=O)c1c(N(Cc2c(F)cccc2F)C(=O)OCC)sc(-c2ccc(N)cc2)c1CN(C)C. The van der Waals surface area contributed by atoms with Crippen LogP contribution in [0.3, 0.4) is 0 Å². The fraction of sp³-hybridized carbons (Fsp3) is 0.308. The van der Waals surface area contributed by atoms with E-state index in [9.17, 15) is 18.4 Å². The van der Waals surface area contributed by atoms with Crippen LogP contribution in [0.15, 0.2) is 42.5 Å². The molecule has 1 amide bonds. The molecule has 0 aliphatic heterocycles. The largest absolute Gasteiger partial charge is 0.462 e. The molecule has 10 heteroatoms. The van der Waals surface area contributed by atoms with Gasteiger partial charge >= 0.3 is 12.1 Å². The maximum absolute atomic E-state index is 14.6. The lowest BCUT2D eigenvalue weighted by Gasteiger charge is -2.22. The smallest absolute Gasteiger partial charge is 0.415 e. The lowest BCUT2D eigenvalue weighted by atomic mass is 10.0. The van der Waals surface area contributed by atoms with Gasteiger partial charge in [0.05, 0.1) is 25.3 Å². The average molecular weight is 518 g/mol. The van der Waals surface area contributed by atoms with Crippen LogP contribution < -0.4 is 10.6 Å². The lowest BCUT2D eigenvalue weighted by molar-refractivity contribution is 0.0526. The van der Waals surface area contributed by atoms with Gasteiger partial charge in [-0.15, -0.1) is 11.3 Å². The zero-order valence-electron chi connectivity index (χ0n) is 20.6. The molecule has 0 unspecified atom stereocenters. The molecule has 0 saturated heterocycles. The van der Waals surface area contributed by atoms with Crippen LogP contribution in [0, 0.1) is 11.6 Å². The van der Waals surface area contributed by atoms with Gasteiger partial charge in [-0.3, -0.25) is 4.90 Å². The topological polar surface area (TPSA) is 85.1 Å². The molecule has 36 heavy (non-hydrogen) atoms. The zero-order chi connectivity index (χ0) is 26.4. The minimum Gasteiger partial charge on any atom is -0.462 e. The quantitative estimate of drug-likeness (QED) is 0.291. The highest BCUT2D eigenvalue weighted by Gasteiger charge is 2.33. The highest BCUT2D eigenvalue weighted by molar-refractivity contribution is 7.20. The van der Waals surface area contributed by atoms with Crippen LogP contribution >= 0.6 is 11.3 Å². The molecule has 3 rings (SSSR count). The van der Waals surface area contributed by atoms with E-state index in [0.717, 1.165) is 33.9 Å². The predicted molar refractivity (Wildman–Crippen MR) is 137 cm³/mol. The molecule has 192 valence electrons. The molecule has 0 bridgehead atoms. The van der Waals surface area contributed by atoms with Crippen molar-refractivity contribution < 1.29 is 27.8 Å². The number of halogens is 2. The third-order valence-corrected chi connectivity index (χ3v) is 6.53. The number of amides is 1. The van der Waals surface area contributed by atoms with Crippen molar-refractivity contribution in [3.63, 3.8) is 0 Å². The summed E-state index contributed by atoms with van der Waals surface area (Å²) >= 11 is 1.15. The van der Waals surface area contributed by atoms with Gasteiger partial charge in [0.15, 0.2) is 0 Å². The van der Waals surface area contributed by atoms with Crippen LogP contribution in [0.4, 0.5) is 24.3 Å². The first-order chi connectivity index (χ1) is 17.2. The Morgan fingerprint density at radius 3 is 2.08 bits per heavy atom. The lowest BCUT2D eigenvalue weighted by Crippen LogP contribution is -2.32. The zero-order valence-corrected chi connectivity index (χ0v) is 21.5. The van der Waals surface area contributed by atoms with E-state index in [1.165, 1.54) is 6.07 Å². The number of ether oxygens (including phenoxy) is 2. The van der Waals surface area contributed by atoms with Gasteiger partial charge in [0.25, 0.3) is 0 Å². The van der Waals surface area contributed by atoms with Gasteiger partial charge in [-0.1, -0.05) is 18.2 Å². The fourth-order valence-corrected chi connectivity index (χ4v) is 4.95. The van der Waals surface area contributed by atoms with Gasteiger partial charge in [-0.2, -0.15) is 0 Å². The molecule has 0 radical (unpaired) electrons. The van der Waals surface area contributed by atoms with Gasteiger partial charge in [0.1, 0.15) is 16.6 Å².